The highest BCUT2D eigenvalue weighted by atomic mass is 16.2. The fraction of sp³-hybridized carbons (Fsp3) is 0.533. The summed E-state index contributed by atoms with van der Waals surface area (Å²) in [4.78, 5) is 28.7. The molecule has 0 saturated heterocycles. The van der Waals surface area contributed by atoms with Crippen LogP contribution in [-0.4, -0.2) is 41.3 Å². The first-order valence-corrected chi connectivity index (χ1v) is 7.36. The average Bonchev–Trinajstić information content (AvgIpc) is 2.48. The molecule has 1 rings (SSSR count). The molecule has 0 radical (unpaired) electrons. The second kappa shape index (κ2) is 8.94. The first-order chi connectivity index (χ1) is 10.1. The second-order valence-electron chi connectivity index (χ2n) is 4.76. The Morgan fingerprint density at radius 1 is 1.29 bits per heavy atom. The molecule has 116 valence electrons. The number of rotatable bonds is 9. The molecule has 0 aliphatic heterocycles. The van der Waals surface area contributed by atoms with Crippen molar-refractivity contribution in [3.63, 3.8) is 0 Å². The highest BCUT2D eigenvalue weighted by Crippen LogP contribution is 2.10. The summed E-state index contributed by atoms with van der Waals surface area (Å²) in [5.74, 6) is -0.330. The number of pyridine rings is 1. The van der Waals surface area contributed by atoms with Gasteiger partial charge in [0, 0.05) is 37.9 Å². The summed E-state index contributed by atoms with van der Waals surface area (Å²) >= 11 is 0. The Morgan fingerprint density at radius 2 is 2.00 bits per heavy atom. The SMILES string of the molecule is CCN(CC)C(=O)c1cc(NCCCCC(N)=O)ccn1. The summed E-state index contributed by atoms with van der Waals surface area (Å²) in [7, 11) is 0. The number of primary amides is 1. The van der Waals surface area contributed by atoms with Crippen LogP contribution in [0.15, 0.2) is 18.3 Å². The van der Waals surface area contributed by atoms with Gasteiger partial charge in [-0.25, -0.2) is 0 Å². The van der Waals surface area contributed by atoms with Crippen LogP contribution in [0.4, 0.5) is 5.69 Å². The minimum absolute atomic E-state index is 0.0580. The van der Waals surface area contributed by atoms with Gasteiger partial charge in [-0.2, -0.15) is 0 Å². The summed E-state index contributed by atoms with van der Waals surface area (Å²) in [6.07, 6.45) is 3.65. The van der Waals surface area contributed by atoms with E-state index in [-0.39, 0.29) is 11.8 Å². The highest BCUT2D eigenvalue weighted by Gasteiger charge is 2.13. The van der Waals surface area contributed by atoms with Crippen molar-refractivity contribution < 1.29 is 9.59 Å². The number of carbonyl (C=O) groups is 2. The Labute approximate surface area is 125 Å². The van der Waals surface area contributed by atoms with Crippen molar-refractivity contribution in [2.45, 2.75) is 33.1 Å². The molecule has 3 N–H and O–H groups in total. The first kappa shape index (κ1) is 16.9. The summed E-state index contributed by atoms with van der Waals surface area (Å²) in [6.45, 7) is 5.96. The summed E-state index contributed by atoms with van der Waals surface area (Å²) in [6, 6.07) is 3.59. The minimum atomic E-state index is -0.272. The van der Waals surface area contributed by atoms with E-state index in [2.05, 4.69) is 10.3 Å². The quantitative estimate of drug-likeness (QED) is 0.677. The third kappa shape index (κ3) is 5.81. The van der Waals surface area contributed by atoms with Gasteiger partial charge in [-0.15, -0.1) is 0 Å². The molecule has 1 heterocycles. The molecule has 1 aromatic rings. The molecule has 0 atom stereocenters. The van der Waals surface area contributed by atoms with Crippen molar-refractivity contribution in [1.29, 1.82) is 0 Å². The van der Waals surface area contributed by atoms with Crippen LogP contribution in [0.2, 0.25) is 0 Å². The molecule has 0 fully saturated rings. The number of unbranched alkanes of at least 4 members (excludes halogenated alkanes) is 1. The van der Waals surface area contributed by atoms with E-state index in [0.717, 1.165) is 25.1 Å². The summed E-state index contributed by atoms with van der Waals surface area (Å²) < 4.78 is 0. The van der Waals surface area contributed by atoms with Crippen molar-refractivity contribution >= 4 is 17.5 Å². The third-order valence-electron chi connectivity index (χ3n) is 3.21. The van der Waals surface area contributed by atoms with Gasteiger partial charge in [-0.05, 0) is 38.8 Å². The molecular formula is C15H24N4O2. The zero-order valence-corrected chi connectivity index (χ0v) is 12.8. The topological polar surface area (TPSA) is 88.3 Å². The lowest BCUT2D eigenvalue weighted by molar-refractivity contribution is -0.118. The molecule has 0 spiro atoms. The smallest absolute Gasteiger partial charge is 0.272 e. The monoisotopic (exact) mass is 292 g/mol. The number of carbonyl (C=O) groups excluding carboxylic acids is 2. The number of hydrogen-bond donors (Lipinski definition) is 2. The van der Waals surface area contributed by atoms with Gasteiger partial charge in [0.25, 0.3) is 5.91 Å². The molecule has 2 amide bonds. The molecule has 0 bridgehead atoms. The number of hydrogen-bond acceptors (Lipinski definition) is 4. The molecular weight excluding hydrogens is 268 g/mol. The van der Waals surface area contributed by atoms with E-state index in [0.29, 0.717) is 25.2 Å². The van der Waals surface area contributed by atoms with Gasteiger partial charge >= 0.3 is 0 Å². The molecule has 0 aliphatic carbocycles. The molecule has 0 saturated carbocycles. The molecule has 0 aliphatic rings. The van der Waals surface area contributed by atoms with Crippen LogP contribution < -0.4 is 11.1 Å². The maximum Gasteiger partial charge on any atom is 0.272 e. The zero-order valence-electron chi connectivity index (χ0n) is 12.8. The van der Waals surface area contributed by atoms with Crippen LogP contribution >= 0.6 is 0 Å². The van der Waals surface area contributed by atoms with Crippen molar-refractivity contribution in [3.8, 4) is 0 Å². The first-order valence-electron chi connectivity index (χ1n) is 7.36. The van der Waals surface area contributed by atoms with E-state index in [4.69, 9.17) is 5.73 Å². The van der Waals surface area contributed by atoms with Crippen LogP contribution in [0.5, 0.6) is 0 Å². The van der Waals surface area contributed by atoms with Gasteiger partial charge in [0.05, 0.1) is 0 Å². The van der Waals surface area contributed by atoms with Crippen LogP contribution in [0.25, 0.3) is 0 Å². The number of amides is 2. The number of nitrogens with zero attached hydrogens (tertiary/aromatic N) is 2. The Bertz CT molecular complexity index is 472. The molecule has 6 nitrogen and oxygen atoms in total. The maximum absolute atomic E-state index is 12.2. The second-order valence-corrected chi connectivity index (χ2v) is 4.76. The van der Waals surface area contributed by atoms with E-state index in [1.165, 1.54) is 0 Å². The summed E-state index contributed by atoms with van der Waals surface area (Å²) in [5.41, 5.74) is 6.39. The third-order valence-corrected chi connectivity index (χ3v) is 3.21. The number of nitrogens with one attached hydrogen (secondary N) is 1. The van der Waals surface area contributed by atoms with Gasteiger partial charge in [-0.3, -0.25) is 14.6 Å². The average molecular weight is 292 g/mol. The van der Waals surface area contributed by atoms with Crippen molar-refractivity contribution in [2.75, 3.05) is 25.0 Å². The molecule has 1 aromatic heterocycles. The van der Waals surface area contributed by atoms with Gasteiger partial charge in [0.15, 0.2) is 0 Å². The lowest BCUT2D eigenvalue weighted by Crippen LogP contribution is -2.31. The highest BCUT2D eigenvalue weighted by molar-refractivity contribution is 5.93. The maximum atomic E-state index is 12.2. The number of aromatic nitrogens is 1. The molecule has 21 heavy (non-hydrogen) atoms. The number of anilines is 1. The predicted molar refractivity (Wildman–Crippen MR) is 83.0 cm³/mol. The van der Waals surface area contributed by atoms with Crippen LogP contribution in [-0.2, 0) is 4.79 Å². The molecule has 6 heteroatoms. The number of nitrogens with two attached hydrogens (primary N) is 1. The van der Waals surface area contributed by atoms with Gasteiger partial charge in [-0.1, -0.05) is 0 Å². The fourth-order valence-corrected chi connectivity index (χ4v) is 1.99. The molecule has 0 unspecified atom stereocenters. The van der Waals surface area contributed by atoms with E-state index in [9.17, 15) is 9.59 Å². The van der Waals surface area contributed by atoms with Crippen molar-refractivity contribution in [3.05, 3.63) is 24.0 Å². The Hall–Kier alpha value is -2.11. The predicted octanol–water partition coefficient (Wildman–Crippen LogP) is 1.63. The van der Waals surface area contributed by atoms with Crippen molar-refractivity contribution in [2.24, 2.45) is 5.73 Å². The minimum Gasteiger partial charge on any atom is -0.385 e. The molecule has 0 aromatic carbocycles. The normalized spacial score (nSPS) is 10.2. The largest absolute Gasteiger partial charge is 0.385 e. The van der Waals surface area contributed by atoms with Gasteiger partial charge in [0.2, 0.25) is 5.91 Å². The van der Waals surface area contributed by atoms with E-state index in [1.807, 2.05) is 19.9 Å². The lowest BCUT2D eigenvalue weighted by Gasteiger charge is -2.18. The van der Waals surface area contributed by atoms with Gasteiger partial charge in [0.1, 0.15) is 5.69 Å². The summed E-state index contributed by atoms with van der Waals surface area (Å²) in [5, 5.41) is 3.23. The Morgan fingerprint density at radius 3 is 2.62 bits per heavy atom. The standard InChI is InChI=1S/C15H24N4O2/c1-3-19(4-2)15(21)13-11-12(8-10-18-13)17-9-6-5-7-14(16)20/h8,10-11H,3-7,9H2,1-2H3,(H2,16,20)(H,17,18). The van der Waals surface area contributed by atoms with Crippen molar-refractivity contribution in [1.82, 2.24) is 9.88 Å². The Balaban J connectivity index is 2.52. The van der Waals surface area contributed by atoms with Gasteiger partial charge < -0.3 is 16.0 Å². The van der Waals surface area contributed by atoms with Crippen LogP contribution in [0.1, 0.15) is 43.6 Å². The van der Waals surface area contributed by atoms with Crippen LogP contribution in [0.3, 0.4) is 0 Å². The van der Waals surface area contributed by atoms with E-state index < -0.39 is 0 Å². The Kier molecular flexibility index (Phi) is 7.21. The fourth-order valence-electron chi connectivity index (χ4n) is 1.99. The zero-order chi connectivity index (χ0) is 15.7. The van der Waals surface area contributed by atoms with Crippen LogP contribution in [0, 0.1) is 0 Å². The lowest BCUT2D eigenvalue weighted by atomic mass is 10.2. The van der Waals surface area contributed by atoms with E-state index >= 15 is 0 Å². The van der Waals surface area contributed by atoms with E-state index in [1.54, 1.807) is 17.2 Å².